The van der Waals surface area contributed by atoms with Gasteiger partial charge >= 0.3 is 0 Å². The number of rotatable bonds is 7. The van der Waals surface area contributed by atoms with Gasteiger partial charge < -0.3 is 10.5 Å². The summed E-state index contributed by atoms with van der Waals surface area (Å²) in [5.74, 6) is 0.160. The van der Waals surface area contributed by atoms with Gasteiger partial charge in [0, 0.05) is 30.0 Å². The number of hydrogen-bond acceptors (Lipinski definition) is 5. The van der Waals surface area contributed by atoms with Crippen molar-refractivity contribution in [1.29, 1.82) is 0 Å². The summed E-state index contributed by atoms with van der Waals surface area (Å²) in [6.07, 6.45) is 0. The summed E-state index contributed by atoms with van der Waals surface area (Å²) in [6, 6.07) is 1.37. The van der Waals surface area contributed by atoms with E-state index >= 15 is 0 Å². The molecule has 0 aliphatic rings. The smallest absolute Gasteiger partial charge is 0.241 e. The lowest BCUT2D eigenvalue weighted by atomic mass is 10.1. The van der Waals surface area contributed by atoms with E-state index in [9.17, 15) is 8.42 Å². The Morgan fingerprint density at radius 3 is 2.61 bits per heavy atom. The van der Waals surface area contributed by atoms with Gasteiger partial charge in [0.15, 0.2) is 0 Å². The number of sulfonamides is 1. The van der Waals surface area contributed by atoms with Gasteiger partial charge in [-0.05, 0) is 12.0 Å². The Hall–Kier alpha value is -0.470. The van der Waals surface area contributed by atoms with Crippen LogP contribution in [-0.4, -0.2) is 28.2 Å². The normalized spacial score (nSPS) is 14.1. The fraction of sp³-hybridized carbons (Fsp3) is 0.636. The first-order valence-electron chi connectivity index (χ1n) is 5.69. The number of hydrogen-bond donors (Lipinski definition) is 2. The molecule has 1 atom stereocenters. The molecule has 0 aliphatic heterocycles. The van der Waals surface area contributed by atoms with Crippen molar-refractivity contribution in [1.82, 2.24) is 4.72 Å². The number of methoxy groups -OCH3 is 1. The molecule has 104 valence electrons. The zero-order chi connectivity index (χ0) is 13.8. The maximum atomic E-state index is 12.2. The SMILES string of the molecule is COCC(NS(=O)(=O)c1csc(CN)c1)C(C)C. The minimum absolute atomic E-state index is 0.160. The van der Waals surface area contributed by atoms with E-state index in [2.05, 4.69) is 4.72 Å². The average Bonchev–Trinajstić information content (AvgIpc) is 2.77. The zero-order valence-corrected chi connectivity index (χ0v) is 12.5. The standard InChI is InChI=1S/C11H20N2O3S2/c1-8(2)11(6-16-3)13-18(14,15)10-4-9(5-12)17-7-10/h4,7-8,11,13H,5-6,12H2,1-3H3. The summed E-state index contributed by atoms with van der Waals surface area (Å²) in [5, 5.41) is 1.61. The lowest BCUT2D eigenvalue weighted by Gasteiger charge is -2.20. The van der Waals surface area contributed by atoms with Crippen LogP contribution in [0.15, 0.2) is 16.3 Å². The van der Waals surface area contributed by atoms with Gasteiger partial charge in [0.05, 0.1) is 11.5 Å². The van der Waals surface area contributed by atoms with Gasteiger partial charge in [-0.1, -0.05) is 13.8 Å². The fourth-order valence-corrected chi connectivity index (χ4v) is 3.94. The van der Waals surface area contributed by atoms with Crippen LogP contribution < -0.4 is 10.5 Å². The molecule has 7 heteroatoms. The zero-order valence-electron chi connectivity index (χ0n) is 10.8. The number of nitrogens with two attached hydrogens (primary N) is 1. The third-order valence-corrected chi connectivity index (χ3v) is 5.18. The summed E-state index contributed by atoms with van der Waals surface area (Å²) in [4.78, 5) is 1.12. The van der Waals surface area contributed by atoms with Crippen molar-refractivity contribution in [2.45, 2.75) is 31.3 Å². The van der Waals surface area contributed by atoms with Crippen LogP contribution in [0.25, 0.3) is 0 Å². The lowest BCUT2D eigenvalue weighted by Crippen LogP contribution is -2.41. The molecular formula is C11H20N2O3S2. The first kappa shape index (κ1) is 15.6. The van der Waals surface area contributed by atoms with E-state index in [1.165, 1.54) is 11.3 Å². The second-order valence-electron chi connectivity index (χ2n) is 4.38. The maximum absolute atomic E-state index is 12.2. The van der Waals surface area contributed by atoms with E-state index in [1.807, 2.05) is 13.8 Å². The Bertz CT molecular complexity index is 468. The molecule has 5 nitrogen and oxygen atoms in total. The first-order valence-corrected chi connectivity index (χ1v) is 8.05. The molecular weight excluding hydrogens is 272 g/mol. The van der Waals surface area contributed by atoms with E-state index in [0.717, 1.165) is 4.88 Å². The Kier molecular flexibility index (Phi) is 5.74. The van der Waals surface area contributed by atoms with Crippen molar-refractivity contribution < 1.29 is 13.2 Å². The molecule has 0 radical (unpaired) electrons. The van der Waals surface area contributed by atoms with Crippen LogP contribution in [0.4, 0.5) is 0 Å². The van der Waals surface area contributed by atoms with Crippen molar-refractivity contribution in [2.24, 2.45) is 11.7 Å². The fourth-order valence-electron chi connectivity index (χ4n) is 1.42. The minimum Gasteiger partial charge on any atom is -0.383 e. The molecule has 0 saturated heterocycles. The van der Waals surface area contributed by atoms with Gasteiger partial charge in [0.2, 0.25) is 10.0 Å². The molecule has 0 aliphatic carbocycles. The van der Waals surface area contributed by atoms with E-state index in [1.54, 1.807) is 18.6 Å². The van der Waals surface area contributed by atoms with Gasteiger partial charge in [0.1, 0.15) is 0 Å². The van der Waals surface area contributed by atoms with Crippen LogP contribution in [0.3, 0.4) is 0 Å². The van der Waals surface area contributed by atoms with Crippen molar-refractivity contribution >= 4 is 21.4 Å². The first-order chi connectivity index (χ1) is 8.40. The summed E-state index contributed by atoms with van der Waals surface area (Å²) in [7, 11) is -1.93. The highest BCUT2D eigenvalue weighted by Crippen LogP contribution is 2.19. The van der Waals surface area contributed by atoms with E-state index in [-0.39, 0.29) is 16.9 Å². The molecule has 0 fully saturated rings. The topological polar surface area (TPSA) is 81.4 Å². The third kappa shape index (κ3) is 4.03. The van der Waals surface area contributed by atoms with Gasteiger partial charge in [0.25, 0.3) is 0 Å². The third-order valence-electron chi connectivity index (χ3n) is 2.60. The predicted octanol–water partition coefficient (Wildman–Crippen LogP) is 1.16. The highest BCUT2D eigenvalue weighted by Gasteiger charge is 2.23. The van der Waals surface area contributed by atoms with Gasteiger partial charge in [-0.3, -0.25) is 0 Å². The largest absolute Gasteiger partial charge is 0.383 e. The van der Waals surface area contributed by atoms with E-state index in [4.69, 9.17) is 10.5 Å². The summed E-state index contributed by atoms with van der Waals surface area (Å²) >= 11 is 1.35. The van der Waals surface area contributed by atoms with Crippen LogP contribution in [0.1, 0.15) is 18.7 Å². The molecule has 18 heavy (non-hydrogen) atoms. The molecule has 3 N–H and O–H groups in total. The van der Waals surface area contributed by atoms with Gasteiger partial charge in [-0.15, -0.1) is 11.3 Å². The monoisotopic (exact) mass is 292 g/mol. The molecule has 0 saturated carbocycles. The van der Waals surface area contributed by atoms with Crippen molar-refractivity contribution in [3.8, 4) is 0 Å². The van der Waals surface area contributed by atoms with Gasteiger partial charge in [-0.25, -0.2) is 13.1 Å². The van der Waals surface area contributed by atoms with Crippen molar-refractivity contribution in [3.63, 3.8) is 0 Å². The van der Waals surface area contributed by atoms with Crippen LogP contribution in [0.2, 0.25) is 0 Å². The second-order valence-corrected chi connectivity index (χ2v) is 7.09. The molecule has 1 aromatic rings. The highest BCUT2D eigenvalue weighted by molar-refractivity contribution is 7.89. The maximum Gasteiger partial charge on any atom is 0.241 e. The predicted molar refractivity (Wildman–Crippen MR) is 73.0 cm³/mol. The van der Waals surface area contributed by atoms with E-state index < -0.39 is 10.0 Å². The summed E-state index contributed by atoms with van der Waals surface area (Å²) < 4.78 is 32.0. The van der Waals surface area contributed by atoms with Gasteiger partial charge in [-0.2, -0.15) is 0 Å². The Morgan fingerprint density at radius 1 is 1.50 bits per heavy atom. The van der Waals surface area contributed by atoms with Crippen LogP contribution in [0, 0.1) is 5.92 Å². The highest BCUT2D eigenvalue weighted by atomic mass is 32.2. The molecule has 0 spiro atoms. The Morgan fingerprint density at radius 2 is 2.17 bits per heavy atom. The molecule has 1 heterocycles. The molecule has 1 unspecified atom stereocenters. The van der Waals surface area contributed by atoms with Crippen molar-refractivity contribution in [3.05, 3.63) is 16.3 Å². The van der Waals surface area contributed by atoms with Crippen molar-refractivity contribution in [2.75, 3.05) is 13.7 Å². The van der Waals surface area contributed by atoms with E-state index in [0.29, 0.717) is 13.2 Å². The second kappa shape index (κ2) is 6.63. The Balaban J connectivity index is 2.86. The molecule has 1 aromatic heterocycles. The number of ether oxygens (including phenoxy) is 1. The lowest BCUT2D eigenvalue weighted by molar-refractivity contribution is 0.157. The number of nitrogens with one attached hydrogen (secondary N) is 1. The molecule has 0 bridgehead atoms. The average molecular weight is 292 g/mol. The quantitative estimate of drug-likeness (QED) is 0.790. The van der Waals surface area contributed by atoms with Crippen LogP contribution >= 0.6 is 11.3 Å². The molecule has 0 aromatic carbocycles. The Labute approximate surface area is 112 Å². The van der Waals surface area contributed by atoms with Crippen LogP contribution in [0.5, 0.6) is 0 Å². The molecule has 0 amide bonds. The minimum atomic E-state index is -3.49. The molecule has 1 rings (SSSR count). The summed E-state index contributed by atoms with van der Waals surface area (Å²) in [5.41, 5.74) is 5.48. The number of thiophene rings is 1. The van der Waals surface area contributed by atoms with Crippen LogP contribution in [-0.2, 0) is 21.3 Å². The summed E-state index contributed by atoms with van der Waals surface area (Å²) in [6.45, 7) is 4.60.